The van der Waals surface area contributed by atoms with Gasteiger partial charge in [0.1, 0.15) is 17.6 Å². The molecule has 1 aromatic heterocycles. The van der Waals surface area contributed by atoms with Crippen molar-refractivity contribution in [1.82, 2.24) is 9.88 Å². The summed E-state index contributed by atoms with van der Waals surface area (Å²) in [5, 5.41) is 9.39. The van der Waals surface area contributed by atoms with Gasteiger partial charge in [0, 0.05) is 18.3 Å². The zero-order valence-corrected chi connectivity index (χ0v) is 19.2. The summed E-state index contributed by atoms with van der Waals surface area (Å²) in [6.45, 7) is -0.345. The fourth-order valence-electron chi connectivity index (χ4n) is 3.72. The topological polar surface area (TPSA) is 53.4 Å². The van der Waals surface area contributed by atoms with Gasteiger partial charge in [-0.25, -0.2) is 9.37 Å². The van der Waals surface area contributed by atoms with Gasteiger partial charge in [-0.15, -0.1) is 0 Å². The Hall–Kier alpha value is -3.18. The van der Waals surface area contributed by atoms with Crippen LogP contribution in [0, 0.1) is 5.82 Å². The predicted molar refractivity (Wildman–Crippen MR) is 117 cm³/mol. The molecule has 3 aromatic rings. The van der Waals surface area contributed by atoms with Gasteiger partial charge >= 0.3 is 12.4 Å². The van der Waals surface area contributed by atoms with Crippen molar-refractivity contribution in [2.24, 2.45) is 0 Å². The highest BCUT2D eigenvalue weighted by Crippen LogP contribution is 2.39. The first-order valence-corrected chi connectivity index (χ1v) is 10.7. The van der Waals surface area contributed by atoms with Crippen molar-refractivity contribution in [1.29, 1.82) is 0 Å². The lowest BCUT2D eigenvalue weighted by Crippen LogP contribution is -2.35. The summed E-state index contributed by atoms with van der Waals surface area (Å²) < 4.78 is 93.2. The van der Waals surface area contributed by atoms with Gasteiger partial charge in [0.25, 0.3) is 0 Å². The number of pyridine rings is 1. The van der Waals surface area contributed by atoms with Crippen LogP contribution in [0.15, 0.2) is 54.7 Å². The van der Waals surface area contributed by atoms with E-state index >= 15 is 0 Å². The molecule has 1 N–H and O–H groups in total. The third-order valence-corrected chi connectivity index (χ3v) is 5.74. The minimum absolute atomic E-state index is 0.0181. The zero-order valence-electron chi connectivity index (χ0n) is 18.5. The van der Waals surface area contributed by atoms with Gasteiger partial charge in [-0.3, -0.25) is 4.79 Å². The first-order chi connectivity index (χ1) is 16.7. The Bertz CT molecular complexity index is 1210. The van der Waals surface area contributed by atoms with Gasteiger partial charge in [-0.1, -0.05) is 23.7 Å². The Balaban J connectivity index is 2.11. The van der Waals surface area contributed by atoms with E-state index in [1.807, 2.05) is 0 Å². The number of amides is 1. The third-order valence-electron chi connectivity index (χ3n) is 5.44. The van der Waals surface area contributed by atoms with Crippen LogP contribution in [0.1, 0.15) is 35.2 Å². The largest absolute Gasteiger partial charge is 0.416 e. The second-order valence-electron chi connectivity index (χ2n) is 7.84. The van der Waals surface area contributed by atoms with Gasteiger partial charge in [0.15, 0.2) is 0 Å². The number of rotatable bonds is 6. The smallest absolute Gasteiger partial charge is 0.387 e. The molecule has 3 rings (SSSR count). The first-order valence-electron chi connectivity index (χ1n) is 10.3. The number of hydrogen-bond donors (Lipinski definition) is 1. The second kappa shape index (κ2) is 10.4. The lowest BCUT2D eigenvalue weighted by Gasteiger charge is -2.31. The highest BCUT2D eigenvalue weighted by molar-refractivity contribution is 6.30. The molecular weight excluding hydrogens is 517 g/mol. The van der Waals surface area contributed by atoms with E-state index in [1.54, 1.807) is 0 Å². The van der Waals surface area contributed by atoms with Gasteiger partial charge in [0.2, 0.25) is 5.91 Å². The minimum atomic E-state index is -5.07. The maximum atomic E-state index is 13.4. The number of nitrogens with zero attached hydrogens (tertiary/aromatic N) is 2. The van der Waals surface area contributed by atoms with Crippen LogP contribution in [0.4, 0.5) is 30.7 Å². The van der Waals surface area contributed by atoms with Crippen LogP contribution < -0.4 is 0 Å². The van der Waals surface area contributed by atoms with Crippen LogP contribution in [0.2, 0.25) is 5.15 Å². The molecule has 0 saturated carbocycles. The summed E-state index contributed by atoms with van der Waals surface area (Å²) in [6.07, 6.45) is -8.80. The number of benzene rings is 2. The number of halogens is 8. The van der Waals surface area contributed by atoms with Gasteiger partial charge < -0.3 is 10.0 Å². The molecule has 0 aliphatic carbocycles. The van der Waals surface area contributed by atoms with Crippen molar-refractivity contribution in [3.05, 3.63) is 88.0 Å². The summed E-state index contributed by atoms with van der Waals surface area (Å²) in [7, 11) is 0. The Labute approximate surface area is 205 Å². The molecule has 36 heavy (non-hydrogen) atoms. The molecule has 0 aliphatic rings. The van der Waals surface area contributed by atoms with Crippen LogP contribution in [-0.2, 0) is 23.7 Å². The number of aromatic nitrogens is 1. The average molecular weight is 535 g/mol. The Morgan fingerprint density at radius 3 is 2.06 bits per heavy atom. The standard InChI is InChI=1S/C24H18ClF7N2O2/c1-13(21-19(6-7-33-22(21)25)15-2-4-18(26)5-3-15)34(20(36)12-35)11-14-8-16(23(27,28)29)10-17(9-14)24(30,31)32/h2-10,13,35H,11-12H2,1H3. The maximum Gasteiger partial charge on any atom is 0.416 e. The van der Waals surface area contributed by atoms with Crippen LogP contribution >= 0.6 is 11.6 Å². The molecule has 1 heterocycles. The monoisotopic (exact) mass is 534 g/mol. The molecule has 1 amide bonds. The number of carbonyl (C=O) groups excluding carboxylic acids is 1. The van der Waals surface area contributed by atoms with Gasteiger partial charge in [-0.2, -0.15) is 26.3 Å². The van der Waals surface area contributed by atoms with Gasteiger partial charge in [0.05, 0.1) is 17.2 Å². The van der Waals surface area contributed by atoms with Crippen LogP contribution in [0.3, 0.4) is 0 Å². The Kier molecular flexibility index (Phi) is 7.94. The molecule has 2 aromatic carbocycles. The fraction of sp³-hybridized carbons (Fsp3) is 0.250. The highest BCUT2D eigenvalue weighted by Gasteiger charge is 2.37. The molecule has 0 bridgehead atoms. The van der Waals surface area contributed by atoms with Crippen molar-refractivity contribution in [3.8, 4) is 11.1 Å². The number of carbonyl (C=O) groups is 1. The molecule has 12 heteroatoms. The van der Waals surface area contributed by atoms with Crippen molar-refractivity contribution in [2.45, 2.75) is 31.9 Å². The maximum absolute atomic E-state index is 13.4. The lowest BCUT2D eigenvalue weighted by molar-refractivity contribution is -0.143. The van der Waals surface area contributed by atoms with Crippen molar-refractivity contribution < 1.29 is 40.6 Å². The summed E-state index contributed by atoms with van der Waals surface area (Å²) >= 11 is 6.29. The summed E-state index contributed by atoms with van der Waals surface area (Å²) in [5.41, 5.74) is -2.47. The number of hydrogen-bond acceptors (Lipinski definition) is 3. The lowest BCUT2D eigenvalue weighted by atomic mass is 9.96. The van der Waals surface area contributed by atoms with E-state index in [0.29, 0.717) is 23.3 Å². The van der Waals surface area contributed by atoms with Crippen molar-refractivity contribution in [3.63, 3.8) is 0 Å². The Morgan fingerprint density at radius 1 is 1.00 bits per heavy atom. The van der Waals surface area contributed by atoms with Gasteiger partial charge in [-0.05, 0) is 60.0 Å². The van der Waals surface area contributed by atoms with E-state index in [0.717, 1.165) is 4.90 Å². The first kappa shape index (κ1) is 27.4. The van der Waals surface area contributed by atoms with Crippen LogP contribution in [-0.4, -0.2) is 27.5 Å². The second-order valence-corrected chi connectivity index (χ2v) is 8.20. The highest BCUT2D eigenvalue weighted by atomic mass is 35.5. The van der Waals surface area contributed by atoms with Crippen molar-refractivity contribution in [2.75, 3.05) is 6.61 Å². The predicted octanol–water partition coefficient (Wildman–Crippen LogP) is 6.66. The molecule has 1 atom stereocenters. The summed E-state index contributed by atoms with van der Waals surface area (Å²) in [5.74, 6) is -1.49. The van der Waals surface area contributed by atoms with E-state index in [2.05, 4.69) is 4.98 Å². The SMILES string of the molecule is CC(c1c(-c2ccc(F)cc2)ccnc1Cl)N(Cc1cc(C(F)(F)F)cc(C(F)(F)F)c1)C(=O)CO. The van der Waals surface area contributed by atoms with E-state index in [4.69, 9.17) is 11.6 Å². The zero-order chi connectivity index (χ0) is 26.8. The van der Waals surface area contributed by atoms with Crippen molar-refractivity contribution >= 4 is 17.5 Å². The average Bonchev–Trinajstić information content (AvgIpc) is 2.80. The summed E-state index contributed by atoms with van der Waals surface area (Å²) in [6, 6.07) is 6.65. The number of aliphatic hydroxyl groups is 1. The summed E-state index contributed by atoms with van der Waals surface area (Å²) in [4.78, 5) is 17.5. The van der Waals surface area contributed by atoms with E-state index in [9.17, 15) is 40.6 Å². The number of alkyl halides is 6. The molecule has 0 radical (unpaired) electrons. The third kappa shape index (κ3) is 6.14. The minimum Gasteiger partial charge on any atom is -0.387 e. The quantitative estimate of drug-likeness (QED) is 0.284. The molecule has 1 unspecified atom stereocenters. The molecular formula is C24H18ClF7N2O2. The van der Waals surface area contributed by atoms with Crippen LogP contribution in [0.5, 0.6) is 0 Å². The molecule has 0 saturated heterocycles. The fourth-order valence-corrected chi connectivity index (χ4v) is 4.04. The molecule has 4 nitrogen and oxygen atoms in total. The molecule has 0 aliphatic heterocycles. The van der Waals surface area contributed by atoms with Crippen LogP contribution in [0.25, 0.3) is 11.1 Å². The molecule has 192 valence electrons. The Morgan fingerprint density at radius 2 is 1.56 bits per heavy atom. The van der Waals surface area contributed by atoms with E-state index in [1.165, 1.54) is 43.5 Å². The normalized spacial score (nSPS) is 12.9. The van der Waals surface area contributed by atoms with E-state index < -0.39 is 60.0 Å². The van der Waals surface area contributed by atoms with E-state index in [-0.39, 0.29) is 16.8 Å². The molecule has 0 fully saturated rings. The number of aliphatic hydroxyl groups excluding tert-OH is 1. The molecule has 0 spiro atoms.